The summed E-state index contributed by atoms with van der Waals surface area (Å²) in [5.74, 6) is -0.670. The predicted octanol–water partition coefficient (Wildman–Crippen LogP) is 5.59. The molecular formula is C33H41N3O4S. The van der Waals surface area contributed by atoms with Crippen molar-refractivity contribution in [2.24, 2.45) is 0 Å². The molecule has 7 nitrogen and oxygen atoms in total. The molecule has 0 aromatic heterocycles. The van der Waals surface area contributed by atoms with E-state index in [-0.39, 0.29) is 23.4 Å². The quantitative estimate of drug-likeness (QED) is 0.341. The molecule has 1 fully saturated rings. The summed E-state index contributed by atoms with van der Waals surface area (Å²) in [4.78, 5) is 29.2. The topological polar surface area (TPSA) is 86.8 Å². The van der Waals surface area contributed by atoms with Crippen molar-refractivity contribution >= 4 is 27.5 Å². The lowest BCUT2D eigenvalue weighted by Gasteiger charge is -2.33. The summed E-state index contributed by atoms with van der Waals surface area (Å²) < 4.78 is 29.3. The summed E-state index contributed by atoms with van der Waals surface area (Å²) in [6, 6.07) is 19.1. The monoisotopic (exact) mass is 575 g/mol. The Balaban J connectivity index is 1.72. The number of carbonyl (C=O) groups is 2. The largest absolute Gasteiger partial charge is 0.352 e. The minimum atomic E-state index is -4.10. The van der Waals surface area contributed by atoms with Crippen LogP contribution in [0.15, 0.2) is 71.6 Å². The minimum Gasteiger partial charge on any atom is -0.352 e. The van der Waals surface area contributed by atoms with E-state index >= 15 is 0 Å². The zero-order chi connectivity index (χ0) is 29.7. The van der Waals surface area contributed by atoms with Gasteiger partial charge in [0.1, 0.15) is 12.6 Å². The van der Waals surface area contributed by atoms with Gasteiger partial charge >= 0.3 is 0 Å². The Morgan fingerprint density at radius 2 is 1.51 bits per heavy atom. The molecule has 1 aliphatic carbocycles. The van der Waals surface area contributed by atoms with Gasteiger partial charge in [0, 0.05) is 12.6 Å². The molecule has 0 saturated heterocycles. The fourth-order valence-corrected chi connectivity index (χ4v) is 6.86. The fraction of sp³-hybridized carbons (Fsp3) is 0.394. The number of hydrogen-bond acceptors (Lipinski definition) is 4. The van der Waals surface area contributed by atoms with Gasteiger partial charge in [-0.15, -0.1) is 0 Å². The number of sulfonamides is 1. The van der Waals surface area contributed by atoms with Crippen LogP contribution in [0.2, 0.25) is 0 Å². The van der Waals surface area contributed by atoms with E-state index in [1.807, 2.05) is 64.1 Å². The summed E-state index contributed by atoms with van der Waals surface area (Å²) in [6.45, 7) is 9.11. The van der Waals surface area contributed by atoms with Crippen LogP contribution in [0.4, 0.5) is 5.69 Å². The molecule has 0 heterocycles. The van der Waals surface area contributed by atoms with Crippen LogP contribution in [0, 0.1) is 27.7 Å². The maximum Gasteiger partial charge on any atom is 0.264 e. The SMILES string of the molecule is Cc1ccc(S(=O)(=O)N(CC(=O)N(Cc2ccccc2C)C(C)C(=O)NC2CCCC2)c2ccc(C)cc2C)cc1. The van der Waals surface area contributed by atoms with Gasteiger partial charge in [0.15, 0.2) is 0 Å². The van der Waals surface area contributed by atoms with Crippen LogP contribution < -0.4 is 9.62 Å². The highest BCUT2D eigenvalue weighted by Crippen LogP contribution is 2.29. The molecule has 0 aliphatic heterocycles. The number of carbonyl (C=O) groups excluding carboxylic acids is 2. The molecule has 4 rings (SSSR count). The lowest BCUT2D eigenvalue weighted by molar-refractivity contribution is -0.139. The van der Waals surface area contributed by atoms with Gasteiger partial charge in [0.05, 0.1) is 10.6 Å². The lowest BCUT2D eigenvalue weighted by atomic mass is 10.1. The zero-order valence-electron chi connectivity index (χ0n) is 24.7. The summed E-state index contributed by atoms with van der Waals surface area (Å²) in [5, 5.41) is 3.11. The molecule has 1 aliphatic rings. The molecule has 2 amide bonds. The van der Waals surface area contributed by atoms with Crippen molar-refractivity contribution in [2.45, 2.75) is 83.8 Å². The highest BCUT2D eigenvalue weighted by molar-refractivity contribution is 7.92. The Hall–Kier alpha value is -3.65. The number of aryl methyl sites for hydroxylation is 4. The van der Waals surface area contributed by atoms with Crippen LogP contribution in [-0.4, -0.2) is 43.8 Å². The van der Waals surface area contributed by atoms with Crippen LogP contribution in [0.1, 0.15) is 60.4 Å². The van der Waals surface area contributed by atoms with Gasteiger partial charge in [0.2, 0.25) is 11.8 Å². The first-order chi connectivity index (χ1) is 19.5. The maximum atomic E-state index is 14.2. The van der Waals surface area contributed by atoms with Crippen LogP contribution >= 0.6 is 0 Å². The second-order valence-electron chi connectivity index (χ2n) is 11.2. The molecule has 3 aromatic carbocycles. The number of hydrogen-bond donors (Lipinski definition) is 1. The average molecular weight is 576 g/mol. The number of benzene rings is 3. The second-order valence-corrected chi connectivity index (χ2v) is 13.1. The first kappa shape index (κ1) is 30.3. The summed E-state index contributed by atoms with van der Waals surface area (Å²) in [7, 11) is -4.10. The van der Waals surface area contributed by atoms with Crippen LogP contribution in [0.5, 0.6) is 0 Å². The third-order valence-electron chi connectivity index (χ3n) is 7.98. The molecule has 1 N–H and O–H groups in total. The van der Waals surface area contributed by atoms with E-state index in [1.165, 1.54) is 9.21 Å². The van der Waals surface area contributed by atoms with E-state index in [9.17, 15) is 18.0 Å². The molecule has 0 bridgehead atoms. The highest BCUT2D eigenvalue weighted by atomic mass is 32.2. The molecule has 8 heteroatoms. The Morgan fingerprint density at radius 3 is 2.15 bits per heavy atom. The van der Waals surface area contributed by atoms with Crippen molar-refractivity contribution in [3.05, 3.63) is 94.5 Å². The predicted molar refractivity (Wildman–Crippen MR) is 163 cm³/mol. The van der Waals surface area contributed by atoms with Crippen molar-refractivity contribution in [1.29, 1.82) is 0 Å². The highest BCUT2D eigenvalue weighted by Gasteiger charge is 2.34. The average Bonchev–Trinajstić information content (AvgIpc) is 3.44. The van der Waals surface area contributed by atoms with E-state index in [2.05, 4.69) is 5.32 Å². The molecular weight excluding hydrogens is 534 g/mol. The van der Waals surface area contributed by atoms with Gasteiger partial charge in [-0.25, -0.2) is 8.42 Å². The molecule has 1 atom stereocenters. The van der Waals surface area contributed by atoms with Gasteiger partial charge in [-0.05, 0) is 82.3 Å². The van der Waals surface area contributed by atoms with Gasteiger partial charge in [-0.2, -0.15) is 0 Å². The summed E-state index contributed by atoms with van der Waals surface area (Å²) in [6.07, 6.45) is 4.01. The molecule has 3 aromatic rings. The third kappa shape index (κ3) is 7.17. The van der Waals surface area contributed by atoms with Gasteiger partial charge in [0.25, 0.3) is 10.0 Å². The number of nitrogens with one attached hydrogen (secondary N) is 1. The normalized spacial score (nSPS) is 14.5. The van der Waals surface area contributed by atoms with Crippen LogP contribution in [0.3, 0.4) is 0 Å². The number of nitrogens with zero attached hydrogens (tertiary/aromatic N) is 2. The van der Waals surface area contributed by atoms with Gasteiger partial charge in [-0.3, -0.25) is 13.9 Å². The van der Waals surface area contributed by atoms with Crippen molar-refractivity contribution in [1.82, 2.24) is 10.2 Å². The molecule has 1 saturated carbocycles. The van der Waals surface area contributed by atoms with E-state index < -0.39 is 28.5 Å². The van der Waals surface area contributed by atoms with Gasteiger partial charge < -0.3 is 10.2 Å². The third-order valence-corrected chi connectivity index (χ3v) is 9.75. The first-order valence-corrected chi connectivity index (χ1v) is 15.7. The van der Waals surface area contributed by atoms with Gasteiger partial charge in [-0.1, -0.05) is 72.5 Å². The standard InChI is InChI=1S/C33H41N3O4S/c1-23-14-17-30(18-15-23)41(39,40)36(31-19-16-24(2)20-26(31)4)22-32(37)35(21-28-11-7-6-10-25(28)3)27(5)33(38)34-29-12-8-9-13-29/h6-7,10-11,14-20,27,29H,8-9,12-13,21-22H2,1-5H3,(H,34,38). The van der Waals surface area contributed by atoms with Crippen molar-refractivity contribution in [2.75, 3.05) is 10.8 Å². The zero-order valence-corrected chi connectivity index (χ0v) is 25.5. The maximum absolute atomic E-state index is 14.2. The summed E-state index contributed by atoms with van der Waals surface area (Å²) in [5.41, 5.74) is 5.00. The molecule has 1 unspecified atom stereocenters. The second kappa shape index (κ2) is 12.9. The Labute approximate surface area is 244 Å². The molecule has 0 radical (unpaired) electrons. The molecule has 0 spiro atoms. The molecule has 218 valence electrons. The number of amides is 2. The van der Waals surface area contributed by atoms with E-state index in [0.717, 1.165) is 53.5 Å². The van der Waals surface area contributed by atoms with E-state index in [1.54, 1.807) is 37.3 Å². The Kier molecular flexibility index (Phi) is 9.53. The van der Waals surface area contributed by atoms with E-state index in [0.29, 0.717) is 5.69 Å². The fourth-order valence-electron chi connectivity index (χ4n) is 5.38. The Bertz CT molecular complexity index is 1500. The van der Waals surface area contributed by atoms with Crippen molar-refractivity contribution < 1.29 is 18.0 Å². The van der Waals surface area contributed by atoms with Crippen LogP contribution in [0.25, 0.3) is 0 Å². The van der Waals surface area contributed by atoms with Crippen LogP contribution in [-0.2, 0) is 26.2 Å². The molecule has 41 heavy (non-hydrogen) atoms. The Morgan fingerprint density at radius 1 is 0.878 bits per heavy atom. The van der Waals surface area contributed by atoms with Crippen molar-refractivity contribution in [3.8, 4) is 0 Å². The van der Waals surface area contributed by atoms with E-state index in [4.69, 9.17) is 0 Å². The first-order valence-electron chi connectivity index (χ1n) is 14.3. The summed E-state index contributed by atoms with van der Waals surface area (Å²) >= 11 is 0. The minimum absolute atomic E-state index is 0.105. The smallest absolute Gasteiger partial charge is 0.264 e. The lowest BCUT2D eigenvalue weighted by Crippen LogP contribution is -2.52. The van der Waals surface area contributed by atoms with Crippen molar-refractivity contribution in [3.63, 3.8) is 0 Å². The number of anilines is 1. The number of rotatable bonds is 10.